The number of anilines is 4. The Labute approximate surface area is 115 Å². The van der Waals surface area contributed by atoms with Gasteiger partial charge >= 0.3 is 0 Å². The van der Waals surface area contributed by atoms with Crippen LogP contribution in [0.25, 0.3) is 0 Å². The summed E-state index contributed by atoms with van der Waals surface area (Å²) in [6, 6.07) is 17.2. The van der Waals surface area contributed by atoms with Crippen LogP contribution in [0.5, 0.6) is 0 Å². The average molecular weight is 252 g/mol. The molecule has 0 saturated heterocycles. The third kappa shape index (κ3) is 1.79. The Morgan fingerprint density at radius 2 is 1.05 bits per heavy atom. The predicted molar refractivity (Wildman–Crippen MR) is 82.8 cm³/mol. The van der Waals surface area contributed by atoms with E-state index in [9.17, 15) is 0 Å². The van der Waals surface area contributed by atoms with Crippen molar-refractivity contribution >= 4 is 22.7 Å². The molecule has 1 heterocycles. The molecule has 3 rings (SSSR count). The Morgan fingerprint density at radius 1 is 0.684 bits per heavy atom. The second-order valence-corrected chi connectivity index (χ2v) is 6.04. The van der Waals surface area contributed by atoms with Crippen molar-refractivity contribution < 1.29 is 0 Å². The summed E-state index contributed by atoms with van der Waals surface area (Å²) in [4.78, 5) is 4.70. The molecule has 0 bridgehead atoms. The zero-order chi connectivity index (χ0) is 13.6. The minimum atomic E-state index is 0.0491. The summed E-state index contributed by atoms with van der Waals surface area (Å²) in [5, 5.41) is 0. The molecule has 2 aromatic rings. The van der Waals surface area contributed by atoms with Crippen molar-refractivity contribution in [3.8, 4) is 0 Å². The maximum atomic E-state index is 2.43. The predicted octanol–water partition coefficient (Wildman–Crippen LogP) is 4.70. The fourth-order valence-corrected chi connectivity index (χ4v) is 2.86. The topological polar surface area (TPSA) is 6.48 Å². The average Bonchev–Trinajstić information content (AvgIpc) is 2.38. The van der Waals surface area contributed by atoms with Crippen molar-refractivity contribution in [1.29, 1.82) is 0 Å². The number of benzene rings is 2. The van der Waals surface area contributed by atoms with E-state index in [0.29, 0.717) is 0 Å². The van der Waals surface area contributed by atoms with Crippen LogP contribution in [0.15, 0.2) is 48.5 Å². The van der Waals surface area contributed by atoms with E-state index in [1.54, 1.807) is 0 Å². The fraction of sp³-hybridized carbons (Fsp3) is 0.294. The highest BCUT2D eigenvalue weighted by Crippen LogP contribution is 2.49. The molecule has 2 nitrogen and oxygen atoms in total. The summed E-state index contributed by atoms with van der Waals surface area (Å²) in [5.74, 6) is 0. The first-order valence-electron chi connectivity index (χ1n) is 6.72. The molecular formula is C17H20N2. The number of hydrogen-bond acceptors (Lipinski definition) is 2. The van der Waals surface area contributed by atoms with Gasteiger partial charge in [0.05, 0.1) is 22.7 Å². The standard InChI is InChI=1S/C17H20N2/c1-17(2,3)19-15-11-7-5-9-13(15)18(4)14-10-6-8-12-16(14)19/h5-12H,1-4H3. The van der Waals surface area contributed by atoms with E-state index in [1.807, 2.05) is 0 Å². The SMILES string of the molecule is CN1c2ccccc2N(C(C)(C)C)c2ccccc21. The van der Waals surface area contributed by atoms with Gasteiger partial charge in [0, 0.05) is 12.6 Å². The highest BCUT2D eigenvalue weighted by atomic mass is 15.3. The van der Waals surface area contributed by atoms with Gasteiger partial charge in [-0.15, -0.1) is 0 Å². The van der Waals surface area contributed by atoms with E-state index in [1.165, 1.54) is 22.7 Å². The minimum Gasteiger partial charge on any atom is -0.341 e. The highest BCUT2D eigenvalue weighted by Gasteiger charge is 2.32. The van der Waals surface area contributed by atoms with Gasteiger partial charge in [-0.25, -0.2) is 0 Å². The van der Waals surface area contributed by atoms with Crippen LogP contribution in [-0.2, 0) is 0 Å². The van der Waals surface area contributed by atoms with Crippen molar-refractivity contribution in [3.63, 3.8) is 0 Å². The molecule has 0 N–H and O–H groups in total. The number of hydrogen-bond donors (Lipinski definition) is 0. The molecule has 0 aliphatic carbocycles. The third-order valence-electron chi connectivity index (χ3n) is 3.64. The van der Waals surface area contributed by atoms with Gasteiger partial charge < -0.3 is 9.80 Å². The number of rotatable bonds is 0. The molecule has 0 amide bonds. The van der Waals surface area contributed by atoms with Gasteiger partial charge in [0.15, 0.2) is 0 Å². The molecule has 0 fully saturated rings. The van der Waals surface area contributed by atoms with Gasteiger partial charge in [-0.2, -0.15) is 0 Å². The number of fused-ring (bicyclic) bond motifs is 2. The highest BCUT2D eigenvalue weighted by molar-refractivity contribution is 5.93. The first kappa shape index (κ1) is 12.1. The van der Waals surface area contributed by atoms with Gasteiger partial charge in [0.25, 0.3) is 0 Å². The van der Waals surface area contributed by atoms with Crippen molar-refractivity contribution in [1.82, 2.24) is 0 Å². The normalized spacial score (nSPS) is 14.1. The minimum absolute atomic E-state index is 0.0491. The lowest BCUT2D eigenvalue weighted by Gasteiger charge is -2.45. The maximum Gasteiger partial charge on any atom is 0.0657 e. The number of para-hydroxylation sites is 4. The molecular weight excluding hydrogens is 232 g/mol. The van der Waals surface area contributed by atoms with E-state index >= 15 is 0 Å². The van der Waals surface area contributed by atoms with Crippen LogP contribution in [0.3, 0.4) is 0 Å². The smallest absolute Gasteiger partial charge is 0.0657 e. The lowest BCUT2D eigenvalue weighted by atomic mass is 9.99. The first-order chi connectivity index (χ1) is 9.00. The Kier molecular flexibility index (Phi) is 2.56. The molecule has 0 aromatic heterocycles. The Hall–Kier alpha value is -1.96. The second-order valence-electron chi connectivity index (χ2n) is 6.04. The Balaban J connectivity index is 2.30. The van der Waals surface area contributed by atoms with E-state index in [0.717, 1.165) is 0 Å². The summed E-state index contributed by atoms with van der Waals surface area (Å²) < 4.78 is 0. The lowest BCUT2D eigenvalue weighted by molar-refractivity contribution is 0.558. The number of nitrogens with zero attached hydrogens (tertiary/aromatic N) is 2. The molecule has 0 saturated carbocycles. The molecule has 1 aliphatic rings. The molecule has 2 heteroatoms. The van der Waals surface area contributed by atoms with Crippen LogP contribution in [0.4, 0.5) is 22.7 Å². The van der Waals surface area contributed by atoms with Crippen LogP contribution in [0.1, 0.15) is 20.8 Å². The van der Waals surface area contributed by atoms with E-state index in [4.69, 9.17) is 0 Å². The third-order valence-corrected chi connectivity index (χ3v) is 3.64. The van der Waals surface area contributed by atoms with Crippen molar-refractivity contribution in [3.05, 3.63) is 48.5 Å². The summed E-state index contributed by atoms with van der Waals surface area (Å²) in [6.07, 6.45) is 0. The van der Waals surface area contributed by atoms with Crippen molar-refractivity contribution in [2.75, 3.05) is 16.8 Å². The van der Waals surface area contributed by atoms with Gasteiger partial charge in [-0.3, -0.25) is 0 Å². The summed E-state index contributed by atoms with van der Waals surface area (Å²) in [5.41, 5.74) is 5.12. The van der Waals surface area contributed by atoms with Crippen molar-refractivity contribution in [2.24, 2.45) is 0 Å². The molecule has 1 aliphatic heterocycles. The van der Waals surface area contributed by atoms with Crippen LogP contribution >= 0.6 is 0 Å². The second kappa shape index (κ2) is 4.02. The Bertz CT molecular complexity index is 563. The van der Waals surface area contributed by atoms with Crippen LogP contribution < -0.4 is 9.80 Å². The van der Waals surface area contributed by atoms with Crippen LogP contribution in [0.2, 0.25) is 0 Å². The largest absolute Gasteiger partial charge is 0.341 e. The van der Waals surface area contributed by atoms with E-state index in [-0.39, 0.29) is 5.54 Å². The van der Waals surface area contributed by atoms with Gasteiger partial charge in [-0.05, 0) is 45.0 Å². The van der Waals surface area contributed by atoms with Crippen LogP contribution in [0, 0.1) is 0 Å². The van der Waals surface area contributed by atoms with Gasteiger partial charge in [0.1, 0.15) is 0 Å². The Morgan fingerprint density at radius 3 is 1.42 bits per heavy atom. The lowest BCUT2D eigenvalue weighted by Crippen LogP contribution is -2.41. The summed E-state index contributed by atoms with van der Waals surface area (Å²) in [7, 11) is 2.14. The molecule has 98 valence electrons. The maximum absolute atomic E-state index is 2.43. The zero-order valence-electron chi connectivity index (χ0n) is 12.0. The molecule has 0 radical (unpaired) electrons. The first-order valence-corrected chi connectivity index (χ1v) is 6.72. The molecule has 0 unspecified atom stereocenters. The molecule has 0 atom stereocenters. The summed E-state index contributed by atoms with van der Waals surface area (Å²) >= 11 is 0. The fourth-order valence-electron chi connectivity index (χ4n) is 2.86. The monoisotopic (exact) mass is 252 g/mol. The quantitative estimate of drug-likeness (QED) is 0.670. The van der Waals surface area contributed by atoms with Crippen molar-refractivity contribution in [2.45, 2.75) is 26.3 Å². The molecule has 2 aromatic carbocycles. The van der Waals surface area contributed by atoms with E-state index < -0.39 is 0 Å². The molecule has 0 spiro atoms. The van der Waals surface area contributed by atoms with E-state index in [2.05, 4.69) is 86.1 Å². The van der Waals surface area contributed by atoms with Gasteiger partial charge in [-0.1, -0.05) is 24.3 Å². The molecule has 19 heavy (non-hydrogen) atoms. The zero-order valence-corrected chi connectivity index (χ0v) is 12.0. The summed E-state index contributed by atoms with van der Waals surface area (Å²) in [6.45, 7) is 6.77. The van der Waals surface area contributed by atoms with Crippen LogP contribution in [-0.4, -0.2) is 12.6 Å². The van der Waals surface area contributed by atoms with Gasteiger partial charge in [0.2, 0.25) is 0 Å².